The van der Waals surface area contributed by atoms with Gasteiger partial charge < -0.3 is 5.32 Å². The van der Waals surface area contributed by atoms with E-state index in [2.05, 4.69) is 17.9 Å². The summed E-state index contributed by atoms with van der Waals surface area (Å²) in [6.45, 7) is 0. The Morgan fingerprint density at radius 3 is 2.22 bits per heavy atom. The van der Waals surface area contributed by atoms with Gasteiger partial charge in [0.25, 0.3) is 0 Å². The van der Waals surface area contributed by atoms with E-state index in [-0.39, 0.29) is 0 Å². The molecule has 1 N–H and O–H groups in total. The lowest BCUT2D eigenvalue weighted by molar-refractivity contribution is 1.43. The molecule has 0 heterocycles. The maximum Gasteiger partial charge on any atom is 0.0338 e. The van der Waals surface area contributed by atoms with Gasteiger partial charge in [0.05, 0.1) is 0 Å². The SMILES string of the molecule is CNc1ccc(S)cc1. The highest BCUT2D eigenvalue weighted by Crippen LogP contribution is 2.10. The molecular weight excluding hydrogens is 130 g/mol. The van der Waals surface area contributed by atoms with Gasteiger partial charge in [-0.05, 0) is 24.3 Å². The van der Waals surface area contributed by atoms with Crippen LogP contribution in [-0.2, 0) is 0 Å². The quantitative estimate of drug-likeness (QED) is 0.567. The fraction of sp³-hybridized carbons (Fsp3) is 0.143. The number of hydrogen-bond donors (Lipinski definition) is 2. The summed E-state index contributed by atoms with van der Waals surface area (Å²) in [5, 5.41) is 3.02. The van der Waals surface area contributed by atoms with Gasteiger partial charge in [-0.1, -0.05) is 0 Å². The highest BCUT2D eigenvalue weighted by molar-refractivity contribution is 7.80. The third-order valence-electron chi connectivity index (χ3n) is 1.16. The van der Waals surface area contributed by atoms with Crippen LogP contribution in [0.1, 0.15) is 0 Å². The van der Waals surface area contributed by atoms with Crippen molar-refractivity contribution in [3.8, 4) is 0 Å². The Labute approximate surface area is 60.5 Å². The zero-order valence-electron chi connectivity index (χ0n) is 5.26. The molecule has 0 saturated heterocycles. The highest BCUT2D eigenvalue weighted by atomic mass is 32.1. The molecule has 1 aromatic rings. The predicted octanol–water partition coefficient (Wildman–Crippen LogP) is 2.02. The second kappa shape index (κ2) is 2.78. The summed E-state index contributed by atoms with van der Waals surface area (Å²) < 4.78 is 0. The van der Waals surface area contributed by atoms with Gasteiger partial charge in [-0.25, -0.2) is 0 Å². The van der Waals surface area contributed by atoms with E-state index in [4.69, 9.17) is 0 Å². The van der Waals surface area contributed by atoms with Gasteiger partial charge >= 0.3 is 0 Å². The van der Waals surface area contributed by atoms with Gasteiger partial charge in [-0.15, -0.1) is 12.6 Å². The Morgan fingerprint density at radius 2 is 1.78 bits per heavy atom. The summed E-state index contributed by atoms with van der Waals surface area (Å²) in [5.74, 6) is 0. The molecule has 0 unspecified atom stereocenters. The van der Waals surface area contributed by atoms with E-state index in [1.165, 1.54) is 0 Å². The van der Waals surface area contributed by atoms with E-state index >= 15 is 0 Å². The number of benzene rings is 1. The number of hydrogen-bond acceptors (Lipinski definition) is 2. The first-order valence-electron chi connectivity index (χ1n) is 2.79. The summed E-state index contributed by atoms with van der Waals surface area (Å²) >= 11 is 4.14. The van der Waals surface area contributed by atoms with Crippen molar-refractivity contribution in [1.82, 2.24) is 0 Å². The maximum atomic E-state index is 4.14. The van der Waals surface area contributed by atoms with Crippen LogP contribution in [0.25, 0.3) is 0 Å². The van der Waals surface area contributed by atoms with Gasteiger partial charge in [0, 0.05) is 17.6 Å². The van der Waals surface area contributed by atoms with Crippen molar-refractivity contribution in [2.24, 2.45) is 0 Å². The Morgan fingerprint density at radius 1 is 1.22 bits per heavy atom. The number of rotatable bonds is 1. The molecule has 0 spiro atoms. The summed E-state index contributed by atoms with van der Waals surface area (Å²) in [4.78, 5) is 0.994. The molecule has 0 aromatic heterocycles. The number of anilines is 1. The van der Waals surface area contributed by atoms with Crippen molar-refractivity contribution in [2.75, 3.05) is 12.4 Å². The molecule has 0 fully saturated rings. The standard InChI is InChI=1S/C7H9NS/c1-8-6-2-4-7(9)5-3-6/h2-5,8-9H,1H3. The first-order valence-corrected chi connectivity index (χ1v) is 3.24. The van der Waals surface area contributed by atoms with Crippen LogP contribution < -0.4 is 5.32 Å². The zero-order valence-corrected chi connectivity index (χ0v) is 6.15. The average Bonchev–Trinajstić information content (AvgIpc) is 1.90. The van der Waals surface area contributed by atoms with Crippen LogP contribution >= 0.6 is 12.6 Å². The first-order chi connectivity index (χ1) is 4.33. The molecule has 0 aliphatic rings. The van der Waals surface area contributed by atoms with Gasteiger partial charge in [0.15, 0.2) is 0 Å². The third kappa shape index (κ3) is 1.64. The van der Waals surface area contributed by atoms with Crippen molar-refractivity contribution >= 4 is 18.3 Å². The van der Waals surface area contributed by atoms with Crippen molar-refractivity contribution < 1.29 is 0 Å². The lowest BCUT2D eigenvalue weighted by Gasteiger charge is -1.97. The molecule has 0 amide bonds. The molecule has 2 heteroatoms. The van der Waals surface area contributed by atoms with Gasteiger partial charge in [-0.3, -0.25) is 0 Å². The molecule has 48 valence electrons. The zero-order chi connectivity index (χ0) is 6.69. The van der Waals surface area contributed by atoms with Crippen molar-refractivity contribution in [1.29, 1.82) is 0 Å². The molecule has 9 heavy (non-hydrogen) atoms. The molecule has 0 radical (unpaired) electrons. The Kier molecular flexibility index (Phi) is 2.01. The largest absolute Gasteiger partial charge is 0.388 e. The van der Waals surface area contributed by atoms with Crippen LogP contribution in [-0.4, -0.2) is 7.05 Å². The second-order valence-electron chi connectivity index (χ2n) is 1.80. The molecule has 0 bridgehead atoms. The first kappa shape index (κ1) is 6.49. The monoisotopic (exact) mass is 139 g/mol. The summed E-state index contributed by atoms with van der Waals surface area (Å²) in [7, 11) is 1.90. The van der Waals surface area contributed by atoms with E-state index in [1.54, 1.807) is 0 Å². The van der Waals surface area contributed by atoms with Crippen molar-refractivity contribution in [3.05, 3.63) is 24.3 Å². The molecule has 0 aliphatic heterocycles. The number of thiol groups is 1. The van der Waals surface area contributed by atoms with E-state index in [0.717, 1.165) is 10.6 Å². The Hall–Kier alpha value is -0.630. The van der Waals surface area contributed by atoms with Crippen molar-refractivity contribution in [2.45, 2.75) is 4.90 Å². The minimum absolute atomic E-state index is 0.994. The summed E-state index contributed by atoms with van der Waals surface area (Å²) in [6, 6.07) is 7.88. The van der Waals surface area contributed by atoms with Gasteiger partial charge in [0.2, 0.25) is 0 Å². The smallest absolute Gasteiger partial charge is 0.0338 e. The normalized spacial score (nSPS) is 9.11. The van der Waals surface area contributed by atoms with Crippen LogP contribution in [0, 0.1) is 0 Å². The van der Waals surface area contributed by atoms with Crippen LogP contribution in [0.2, 0.25) is 0 Å². The number of nitrogens with one attached hydrogen (secondary N) is 1. The molecule has 0 atom stereocenters. The van der Waals surface area contributed by atoms with Gasteiger partial charge in [0.1, 0.15) is 0 Å². The minimum atomic E-state index is 0.994. The molecule has 0 aliphatic carbocycles. The third-order valence-corrected chi connectivity index (χ3v) is 1.45. The average molecular weight is 139 g/mol. The Balaban J connectivity index is 2.88. The molecular formula is C7H9NS. The van der Waals surface area contributed by atoms with E-state index < -0.39 is 0 Å². The van der Waals surface area contributed by atoms with Gasteiger partial charge in [-0.2, -0.15) is 0 Å². The molecule has 0 saturated carbocycles. The van der Waals surface area contributed by atoms with Crippen LogP contribution in [0.15, 0.2) is 29.2 Å². The topological polar surface area (TPSA) is 12.0 Å². The summed E-state index contributed by atoms with van der Waals surface area (Å²) in [5.41, 5.74) is 1.12. The van der Waals surface area contributed by atoms with E-state index in [0.29, 0.717) is 0 Å². The van der Waals surface area contributed by atoms with Crippen LogP contribution in [0.3, 0.4) is 0 Å². The molecule has 1 nitrogen and oxygen atoms in total. The van der Waals surface area contributed by atoms with Crippen LogP contribution in [0.4, 0.5) is 5.69 Å². The molecule has 1 aromatic carbocycles. The minimum Gasteiger partial charge on any atom is -0.388 e. The fourth-order valence-corrected chi connectivity index (χ4v) is 0.777. The van der Waals surface area contributed by atoms with E-state index in [1.807, 2.05) is 31.3 Å². The van der Waals surface area contributed by atoms with Crippen molar-refractivity contribution in [3.63, 3.8) is 0 Å². The predicted molar refractivity (Wildman–Crippen MR) is 43.2 cm³/mol. The lowest BCUT2D eigenvalue weighted by Crippen LogP contribution is -1.85. The summed E-state index contributed by atoms with van der Waals surface area (Å²) in [6.07, 6.45) is 0. The van der Waals surface area contributed by atoms with Crippen LogP contribution in [0.5, 0.6) is 0 Å². The molecule has 1 rings (SSSR count). The fourth-order valence-electron chi connectivity index (χ4n) is 0.628. The lowest BCUT2D eigenvalue weighted by atomic mass is 10.3. The highest BCUT2D eigenvalue weighted by Gasteiger charge is 1.84. The second-order valence-corrected chi connectivity index (χ2v) is 2.31. The van der Waals surface area contributed by atoms with E-state index in [9.17, 15) is 0 Å². The maximum absolute atomic E-state index is 4.14. The Bertz CT molecular complexity index is 181.